The highest BCUT2D eigenvalue weighted by molar-refractivity contribution is 7.47. The number of likely N-dealkylation sites (N-methyl/N-ethyl adjacent to an activating group) is 1. The van der Waals surface area contributed by atoms with E-state index in [0.29, 0.717) is 10.9 Å². The summed E-state index contributed by atoms with van der Waals surface area (Å²) in [5, 5.41) is 17.5. The van der Waals surface area contributed by atoms with Gasteiger partial charge in [0, 0.05) is 6.42 Å². The Balaban J connectivity index is 4.42. The second-order valence-electron chi connectivity index (χ2n) is 9.14. The predicted octanol–water partition coefficient (Wildman–Crippen LogP) is 3.93. The molecule has 0 aromatic heterocycles. The quantitative estimate of drug-likeness (QED) is 0.0758. The van der Waals surface area contributed by atoms with Crippen LogP contribution < -0.4 is 0 Å². The lowest BCUT2D eigenvalue weighted by molar-refractivity contribution is -0.872. The minimum absolute atomic E-state index is 0.213. The zero-order chi connectivity index (χ0) is 23.8. The molecule has 0 saturated heterocycles. The van der Waals surface area contributed by atoms with Gasteiger partial charge < -0.3 is 14.5 Å². The molecule has 0 aromatic rings. The molecule has 0 spiro atoms. The number of aliphatic hydroxyl groups is 1. The number of quaternary nitrogens is 1. The van der Waals surface area contributed by atoms with E-state index in [0.717, 1.165) is 19.3 Å². The van der Waals surface area contributed by atoms with Gasteiger partial charge in [-0.25, -0.2) is 9.45 Å². The molecule has 0 aliphatic heterocycles. The number of hydrogen-bond donors (Lipinski definition) is 3. The van der Waals surface area contributed by atoms with Gasteiger partial charge in [-0.15, -0.1) is 0 Å². The first kappa shape index (κ1) is 30.6. The number of aliphatic hydroxyl groups excluding tert-OH is 1. The number of phosphoric acid groups is 1. The molecule has 0 rings (SSSR count). The molecule has 3 atom stereocenters. The molecule has 0 radical (unpaired) electrons. The van der Waals surface area contributed by atoms with Crippen LogP contribution in [0.5, 0.6) is 0 Å². The Morgan fingerprint density at radius 3 is 1.94 bits per heavy atom. The fourth-order valence-corrected chi connectivity index (χ4v) is 4.05. The summed E-state index contributed by atoms with van der Waals surface area (Å²) in [4.78, 5) is 26.5. The minimum atomic E-state index is -4.57. The molecule has 3 N–H and O–H groups in total. The van der Waals surface area contributed by atoms with E-state index in [1.165, 1.54) is 38.5 Å². The Kier molecular flexibility index (Phi) is 16.9. The number of carbonyl (C=O) groups is 1. The van der Waals surface area contributed by atoms with Crippen molar-refractivity contribution < 1.29 is 43.0 Å². The van der Waals surface area contributed by atoms with Crippen LogP contribution in [0.15, 0.2) is 0 Å². The van der Waals surface area contributed by atoms with Crippen molar-refractivity contribution in [2.24, 2.45) is 0 Å². The summed E-state index contributed by atoms with van der Waals surface area (Å²) in [6.07, 6.45) is 9.57. The lowest BCUT2D eigenvalue weighted by atomic mass is 10.0. The second kappa shape index (κ2) is 17.1. The number of rotatable bonds is 21. The van der Waals surface area contributed by atoms with Crippen molar-refractivity contribution in [2.75, 3.05) is 40.9 Å². The van der Waals surface area contributed by atoms with Crippen LogP contribution in [-0.2, 0) is 23.3 Å². The third-order valence-corrected chi connectivity index (χ3v) is 5.88. The molecule has 9 nitrogen and oxygen atoms in total. The molecule has 31 heavy (non-hydrogen) atoms. The number of hydrogen-bond acceptors (Lipinski definition) is 7. The number of Topliss-reactive ketones (excluding diaryl/α,β-unsaturated/α-hetero) is 1. The van der Waals surface area contributed by atoms with Crippen LogP contribution in [0.3, 0.4) is 0 Å². The van der Waals surface area contributed by atoms with Gasteiger partial charge in [0.15, 0.2) is 11.9 Å². The number of nitrogens with zero attached hydrogens (tertiary/aromatic N) is 1. The zero-order valence-electron chi connectivity index (χ0n) is 19.8. The normalized spacial score (nSPS) is 16.1. The van der Waals surface area contributed by atoms with Crippen LogP contribution in [0.1, 0.15) is 77.6 Å². The molecule has 0 heterocycles. The maximum Gasteiger partial charge on any atom is 0.473 e. The van der Waals surface area contributed by atoms with Crippen molar-refractivity contribution >= 4 is 13.6 Å². The molecule has 2 unspecified atom stereocenters. The van der Waals surface area contributed by atoms with Crippen LogP contribution in [0, 0.1) is 0 Å². The first-order valence-electron chi connectivity index (χ1n) is 11.4. The number of unbranched alkanes of at least 4 members (excludes halogenated alkanes) is 9. The monoisotopic (exact) mass is 470 g/mol. The molecule has 0 aliphatic carbocycles. The summed E-state index contributed by atoms with van der Waals surface area (Å²) < 4.78 is 22.5. The van der Waals surface area contributed by atoms with Crippen molar-refractivity contribution in [3.63, 3.8) is 0 Å². The lowest BCUT2D eigenvalue weighted by Crippen LogP contribution is -2.45. The summed E-state index contributed by atoms with van der Waals surface area (Å²) in [6.45, 7) is 1.27. The van der Waals surface area contributed by atoms with Gasteiger partial charge in [-0.05, 0) is 6.42 Å². The van der Waals surface area contributed by atoms with Gasteiger partial charge in [-0.2, -0.15) is 0 Å². The summed E-state index contributed by atoms with van der Waals surface area (Å²) in [5.41, 5.74) is 0. The predicted molar refractivity (Wildman–Crippen MR) is 120 cm³/mol. The highest BCUT2D eigenvalue weighted by Gasteiger charge is 2.35. The molecule has 10 heteroatoms. The average molecular weight is 471 g/mol. The van der Waals surface area contributed by atoms with E-state index in [1.54, 1.807) is 0 Å². The Hall–Kier alpha value is -0.380. The van der Waals surface area contributed by atoms with Gasteiger partial charge in [0.2, 0.25) is 0 Å². The van der Waals surface area contributed by atoms with Crippen molar-refractivity contribution in [3.8, 4) is 0 Å². The highest BCUT2D eigenvalue weighted by Crippen LogP contribution is 2.45. The molecule has 0 fully saturated rings. The number of carbonyl (C=O) groups excluding carboxylic acids is 1. The molecule has 0 bridgehead atoms. The SMILES string of the molecule is CCCCCCCCCCCCC(=O)C(C[N+](C)(C)C)OP(=O)(O)OC[C@@H](CO)OO. The van der Waals surface area contributed by atoms with Crippen molar-refractivity contribution in [1.29, 1.82) is 0 Å². The van der Waals surface area contributed by atoms with E-state index in [4.69, 9.17) is 19.4 Å². The Bertz CT molecular complexity index is 508. The van der Waals surface area contributed by atoms with Gasteiger partial charge in [0.05, 0.1) is 34.4 Å². The minimum Gasteiger partial charge on any atom is -0.393 e. The van der Waals surface area contributed by atoms with Crippen LogP contribution in [0.2, 0.25) is 0 Å². The third-order valence-electron chi connectivity index (χ3n) is 4.89. The van der Waals surface area contributed by atoms with E-state index >= 15 is 0 Å². The van der Waals surface area contributed by atoms with E-state index in [2.05, 4.69) is 11.8 Å². The van der Waals surface area contributed by atoms with Crippen LogP contribution in [0.25, 0.3) is 0 Å². The molecular weight excluding hydrogens is 425 g/mol. The molecule has 0 amide bonds. The Morgan fingerprint density at radius 2 is 1.48 bits per heavy atom. The molecular formula is C21H45NO8P+. The summed E-state index contributed by atoms with van der Waals surface area (Å²) in [6, 6.07) is 0. The van der Waals surface area contributed by atoms with E-state index in [1.807, 2.05) is 21.1 Å². The molecule has 0 saturated carbocycles. The Morgan fingerprint density at radius 1 is 0.968 bits per heavy atom. The fraction of sp³-hybridized carbons (Fsp3) is 0.952. The van der Waals surface area contributed by atoms with Gasteiger partial charge >= 0.3 is 7.82 Å². The maximum absolute atomic E-state index is 12.7. The molecule has 186 valence electrons. The summed E-state index contributed by atoms with van der Waals surface area (Å²) in [5.74, 6) is -0.234. The number of phosphoric ester groups is 1. The van der Waals surface area contributed by atoms with E-state index < -0.39 is 33.2 Å². The van der Waals surface area contributed by atoms with Gasteiger partial charge in [-0.3, -0.25) is 19.1 Å². The van der Waals surface area contributed by atoms with Crippen LogP contribution in [0.4, 0.5) is 0 Å². The highest BCUT2D eigenvalue weighted by atomic mass is 31.2. The first-order valence-corrected chi connectivity index (χ1v) is 12.9. The first-order chi connectivity index (χ1) is 14.5. The zero-order valence-corrected chi connectivity index (χ0v) is 20.7. The maximum atomic E-state index is 12.7. The standard InChI is InChI=1S/C21H44NO8P/c1-5-6-7-8-9-10-11-12-13-14-15-20(24)21(16-22(2,3)4)30-31(26,27)28-18-19(17-23)29-25/h19,21,23H,5-18H2,1-4H3,(H-,25,26,27)/p+1/t19-,21?/m1/s1. The lowest BCUT2D eigenvalue weighted by Gasteiger charge is -2.29. The van der Waals surface area contributed by atoms with E-state index in [9.17, 15) is 14.3 Å². The number of ketones is 1. The molecule has 0 aliphatic rings. The second-order valence-corrected chi connectivity index (χ2v) is 10.5. The smallest absolute Gasteiger partial charge is 0.393 e. The average Bonchev–Trinajstić information content (AvgIpc) is 2.68. The fourth-order valence-electron chi connectivity index (χ4n) is 3.12. The third kappa shape index (κ3) is 17.8. The van der Waals surface area contributed by atoms with E-state index in [-0.39, 0.29) is 18.7 Å². The van der Waals surface area contributed by atoms with Crippen LogP contribution in [-0.4, -0.2) is 78.6 Å². The molecule has 0 aromatic carbocycles. The van der Waals surface area contributed by atoms with Gasteiger partial charge in [0.25, 0.3) is 0 Å². The Labute approximate surface area is 187 Å². The summed E-state index contributed by atoms with van der Waals surface area (Å²) >= 11 is 0. The summed E-state index contributed by atoms with van der Waals surface area (Å²) in [7, 11) is 1.000. The van der Waals surface area contributed by atoms with Crippen molar-refractivity contribution in [2.45, 2.75) is 89.8 Å². The van der Waals surface area contributed by atoms with Gasteiger partial charge in [-0.1, -0.05) is 64.7 Å². The van der Waals surface area contributed by atoms with Crippen molar-refractivity contribution in [3.05, 3.63) is 0 Å². The van der Waals surface area contributed by atoms with Crippen molar-refractivity contribution in [1.82, 2.24) is 0 Å². The van der Waals surface area contributed by atoms with Gasteiger partial charge in [0.1, 0.15) is 12.6 Å². The topological polar surface area (TPSA) is 123 Å². The largest absolute Gasteiger partial charge is 0.473 e. The van der Waals surface area contributed by atoms with Crippen LogP contribution >= 0.6 is 7.82 Å².